The predicted octanol–water partition coefficient (Wildman–Crippen LogP) is 3.85. The smallest absolute Gasteiger partial charge is 0.269 e. The Labute approximate surface area is 198 Å². The van der Waals surface area contributed by atoms with Crippen molar-refractivity contribution in [3.63, 3.8) is 0 Å². The summed E-state index contributed by atoms with van der Waals surface area (Å²) in [6, 6.07) is 22.4. The van der Waals surface area contributed by atoms with Crippen molar-refractivity contribution in [1.29, 1.82) is 0 Å². The lowest BCUT2D eigenvalue weighted by Gasteiger charge is -2.11. The average Bonchev–Trinajstić information content (AvgIpc) is 3.26. The Kier molecular flexibility index (Phi) is 6.92. The predicted molar refractivity (Wildman–Crippen MR) is 126 cm³/mol. The van der Waals surface area contributed by atoms with Crippen molar-refractivity contribution in [2.24, 2.45) is 0 Å². The summed E-state index contributed by atoms with van der Waals surface area (Å²) in [5.41, 5.74) is 6.72. The Bertz CT molecular complexity index is 1260. The van der Waals surface area contributed by atoms with Crippen LogP contribution < -0.4 is 10.9 Å². The second-order valence-electron chi connectivity index (χ2n) is 6.82. The molecule has 8 nitrogen and oxygen atoms in total. The van der Waals surface area contributed by atoms with Gasteiger partial charge in [0.2, 0.25) is 5.91 Å². The van der Waals surface area contributed by atoms with E-state index in [9.17, 15) is 14.7 Å². The Morgan fingerprint density at radius 1 is 0.909 bits per heavy atom. The maximum absolute atomic E-state index is 12.3. The molecule has 1 heterocycles. The number of aromatic hydroxyl groups is 1. The average molecular weight is 480 g/mol. The van der Waals surface area contributed by atoms with E-state index in [0.717, 1.165) is 11.3 Å². The number of thioether (sulfide) groups is 1. The highest BCUT2D eigenvalue weighted by molar-refractivity contribution is 7.99. The van der Waals surface area contributed by atoms with Gasteiger partial charge in [0.1, 0.15) is 5.75 Å². The molecule has 0 spiro atoms. The van der Waals surface area contributed by atoms with E-state index < -0.39 is 11.8 Å². The van der Waals surface area contributed by atoms with Crippen LogP contribution in [0.1, 0.15) is 10.4 Å². The zero-order chi connectivity index (χ0) is 23.2. The summed E-state index contributed by atoms with van der Waals surface area (Å²) in [6.45, 7) is 0. The van der Waals surface area contributed by atoms with Gasteiger partial charge in [0, 0.05) is 21.8 Å². The summed E-state index contributed by atoms with van der Waals surface area (Å²) in [5.74, 6) is -0.138. The normalized spacial score (nSPS) is 10.6. The third-order valence-electron chi connectivity index (χ3n) is 4.53. The van der Waals surface area contributed by atoms with Crippen LogP contribution in [0.25, 0.3) is 17.1 Å². The van der Waals surface area contributed by atoms with Gasteiger partial charge in [-0.05, 0) is 60.7 Å². The number of para-hydroxylation sites is 1. The topological polar surface area (TPSA) is 109 Å². The highest BCUT2D eigenvalue weighted by Crippen LogP contribution is 2.28. The molecule has 4 rings (SSSR count). The number of benzene rings is 3. The number of nitrogens with zero attached hydrogens (tertiary/aromatic N) is 3. The molecule has 0 bridgehead atoms. The molecule has 166 valence electrons. The maximum Gasteiger partial charge on any atom is 0.269 e. The van der Waals surface area contributed by atoms with Crippen molar-refractivity contribution in [2.75, 3.05) is 5.75 Å². The Hall–Kier alpha value is -3.82. The first-order valence-electron chi connectivity index (χ1n) is 9.79. The summed E-state index contributed by atoms with van der Waals surface area (Å²) in [7, 11) is 0. The number of halogens is 1. The minimum Gasteiger partial charge on any atom is -0.508 e. The van der Waals surface area contributed by atoms with Crippen LogP contribution >= 0.6 is 23.4 Å². The second kappa shape index (κ2) is 10.2. The molecular weight excluding hydrogens is 462 g/mol. The fourth-order valence-corrected chi connectivity index (χ4v) is 3.81. The van der Waals surface area contributed by atoms with Crippen LogP contribution in [-0.2, 0) is 4.79 Å². The second-order valence-corrected chi connectivity index (χ2v) is 8.20. The van der Waals surface area contributed by atoms with Crippen LogP contribution in [0.3, 0.4) is 0 Å². The van der Waals surface area contributed by atoms with E-state index >= 15 is 0 Å². The number of hydrogen-bond donors (Lipinski definition) is 3. The number of phenols is 1. The van der Waals surface area contributed by atoms with Gasteiger partial charge in [0.25, 0.3) is 5.91 Å². The van der Waals surface area contributed by atoms with Crippen LogP contribution in [0.15, 0.2) is 84.0 Å². The van der Waals surface area contributed by atoms with Gasteiger partial charge in [-0.2, -0.15) is 0 Å². The van der Waals surface area contributed by atoms with Gasteiger partial charge in [-0.15, -0.1) is 10.2 Å². The molecule has 0 radical (unpaired) electrons. The molecule has 0 aliphatic carbocycles. The number of carbonyl (C=O) groups is 2. The number of rotatable bonds is 6. The van der Waals surface area contributed by atoms with E-state index in [4.69, 9.17) is 11.6 Å². The SMILES string of the molecule is O=C(CSc1nnc(-c2ccc(O)cc2)n1-c1ccccc1)NNC(=O)c1ccc(Cl)cc1. The molecule has 0 aliphatic rings. The van der Waals surface area contributed by atoms with Crippen molar-refractivity contribution in [2.45, 2.75) is 5.16 Å². The summed E-state index contributed by atoms with van der Waals surface area (Å²) in [6.07, 6.45) is 0. The highest BCUT2D eigenvalue weighted by Gasteiger charge is 2.17. The molecule has 1 aromatic heterocycles. The zero-order valence-electron chi connectivity index (χ0n) is 17.1. The number of carbonyl (C=O) groups excluding carboxylic acids is 2. The summed E-state index contributed by atoms with van der Waals surface area (Å²) in [4.78, 5) is 24.5. The molecule has 0 aliphatic heterocycles. The minimum absolute atomic E-state index is 0.00143. The number of hydrogen-bond acceptors (Lipinski definition) is 6. The van der Waals surface area contributed by atoms with Crippen molar-refractivity contribution < 1.29 is 14.7 Å². The number of amides is 2. The lowest BCUT2D eigenvalue weighted by molar-refractivity contribution is -0.119. The Balaban J connectivity index is 1.46. The molecule has 0 fully saturated rings. The van der Waals surface area contributed by atoms with Crippen molar-refractivity contribution in [1.82, 2.24) is 25.6 Å². The van der Waals surface area contributed by atoms with Crippen molar-refractivity contribution in [3.05, 3.63) is 89.4 Å². The summed E-state index contributed by atoms with van der Waals surface area (Å²) in [5, 5.41) is 19.1. The Morgan fingerprint density at radius 2 is 1.61 bits per heavy atom. The van der Waals surface area contributed by atoms with Crippen molar-refractivity contribution in [3.8, 4) is 22.8 Å². The molecule has 0 unspecified atom stereocenters. The molecule has 2 amide bonds. The molecular formula is C23H18ClN5O3S. The monoisotopic (exact) mass is 479 g/mol. The maximum atomic E-state index is 12.3. The quantitative estimate of drug-likeness (QED) is 0.286. The van der Waals surface area contributed by atoms with Crippen LogP contribution in [0, 0.1) is 0 Å². The molecule has 0 atom stereocenters. The first-order chi connectivity index (χ1) is 16.0. The third kappa shape index (κ3) is 5.51. The van der Waals surface area contributed by atoms with Gasteiger partial charge in [0.15, 0.2) is 11.0 Å². The molecule has 4 aromatic rings. The molecule has 0 saturated heterocycles. The zero-order valence-corrected chi connectivity index (χ0v) is 18.7. The van der Waals surface area contributed by atoms with Gasteiger partial charge in [-0.3, -0.25) is 25.0 Å². The van der Waals surface area contributed by atoms with Gasteiger partial charge in [0.05, 0.1) is 5.75 Å². The lowest BCUT2D eigenvalue weighted by Crippen LogP contribution is -2.42. The van der Waals surface area contributed by atoms with Crippen LogP contribution in [-0.4, -0.2) is 37.4 Å². The molecule has 3 aromatic carbocycles. The van der Waals surface area contributed by atoms with Crippen LogP contribution in [0.2, 0.25) is 5.02 Å². The van der Waals surface area contributed by atoms with Gasteiger partial charge >= 0.3 is 0 Å². The number of aromatic nitrogens is 3. The van der Waals surface area contributed by atoms with E-state index in [1.165, 1.54) is 11.8 Å². The van der Waals surface area contributed by atoms with Crippen LogP contribution in [0.4, 0.5) is 0 Å². The highest BCUT2D eigenvalue weighted by atomic mass is 35.5. The first-order valence-corrected chi connectivity index (χ1v) is 11.2. The van der Waals surface area contributed by atoms with E-state index in [2.05, 4.69) is 21.0 Å². The number of nitrogens with one attached hydrogen (secondary N) is 2. The third-order valence-corrected chi connectivity index (χ3v) is 5.71. The first kappa shape index (κ1) is 22.4. The van der Waals surface area contributed by atoms with Crippen molar-refractivity contribution >= 4 is 35.2 Å². The minimum atomic E-state index is -0.452. The molecule has 10 heteroatoms. The summed E-state index contributed by atoms with van der Waals surface area (Å²) < 4.78 is 1.83. The van der Waals surface area contributed by atoms with E-state index in [1.54, 1.807) is 48.5 Å². The number of hydrazine groups is 1. The fourth-order valence-electron chi connectivity index (χ4n) is 2.94. The summed E-state index contributed by atoms with van der Waals surface area (Å²) >= 11 is 7.00. The standard InChI is InChI=1S/C23H18ClN5O3S/c24-17-10-6-16(7-11-17)22(32)27-25-20(31)14-33-23-28-26-21(15-8-12-19(30)13-9-15)29(23)18-4-2-1-3-5-18/h1-13,30H,14H2,(H,25,31)(H,27,32). The van der Waals surface area contributed by atoms with Gasteiger partial charge < -0.3 is 5.11 Å². The molecule has 33 heavy (non-hydrogen) atoms. The van der Waals surface area contributed by atoms with E-state index in [0.29, 0.717) is 21.6 Å². The lowest BCUT2D eigenvalue weighted by atomic mass is 10.2. The molecule has 0 saturated carbocycles. The van der Waals surface area contributed by atoms with E-state index in [1.807, 2.05) is 34.9 Å². The fraction of sp³-hybridized carbons (Fsp3) is 0.0435. The molecule has 3 N–H and O–H groups in total. The van der Waals surface area contributed by atoms with E-state index in [-0.39, 0.29) is 11.5 Å². The van der Waals surface area contributed by atoms with Crippen LogP contribution in [0.5, 0.6) is 5.75 Å². The van der Waals surface area contributed by atoms with Gasteiger partial charge in [-0.25, -0.2) is 0 Å². The van der Waals surface area contributed by atoms with Gasteiger partial charge in [-0.1, -0.05) is 41.6 Å². The Morgan fingerprint density at radius 3 is 2.30 bits per heavy atom. The largest absolute Gasteiger partial charge is 0.508 e. The number of phenolic OH excluding ortho intramolecular Hbond substituents is 1.